The number of likely N-dealkylation sites (N-methyl/N-ethyl adjacent to an activating group) is 4. The molecule has 15 aliphatic rings. The largest absolute Gasteiger partial charge is 1.00 e. The van der Waals surface area contributed by atoms with E-state index in [9.17, 15) is 19.5 Å². The van der Waals surface area contributed by atoms with Crippen LogP contribution in [0.3, 0.4) is 0 Å². The van der Waals surface area contributed by atoms with E-state index >= 15 is 0 Å². The standard InChI is InChI=1S/C10H17NO.C10H15NO.C9H17NO.C8H15NO.C8H13NO.5CO2.Li.H2O/c2*1-7(12)9-5-8-3-4-10(9)11(2)6-8;1-10-6-7-3-4-8(10)9(5-7)11-2;2*1-9-5-6-2-3-7(9)8(10)4-6;5*2-1-3;;/h8-10H,3-6H2,1-2H3;3-4,8-10H,5-6H2,1-2H3;7-9H,3-6H2,1-2H3;6-8,10H,2-5H2,1H3;6-7H,2-5H2,1H3;;;;;;;1H2/q;;;;;;;;;;+1;/p-1. The summed E-state index contributed by atoms with van der Waals surface area (Å²) in [7, 11) is 12.5. The second kappa shape index (κ2) is 37.6. The number of piperidine rings is 9. The molecule has 15 rings (SSSR count). The van der Waals surface area contributed by atoms with Crippen molar-refractivity contribution in [3.8, 4) is 0 Å². The van der Waals surface area contributed by atoms with Crippen LogP contribution in [0.25, 0.3) is 0 Å². The fourth-order valence-electron chi connectivity index (χ4n) is 12.7. The van der Waals surface area contributed by atoms with Crippen LogP contribution in [0.2, 0.25) is 0 Å². The van der Waals surface area contributed by atoms with Gasteiger partial charge < -0.3 is 30.0 Å². The van der Waals surface area contributed by atoms with E-state index in [1.165, 1.54) is 71.0 Å². The van der Waals surface area contributed by atoms with Crippen LogP contribution in [0, 0.1) is 41.4 Å². The molecular weight excluding hydrogens is 934 g/mol. The number of hydrogen-bond acceptors (Lipinski definition) is 21. The maximum Gasteiger partial charge on any atom is 1.00 e. The SMILES string of the molecule is CC(=O)C1CC2C=CC1N(C)C2.CC(=O)C1CC2CCC1N(C)C2.CN1CC2CCC1C(=O)C2.CN1CC2CCC1C(O)C2.COC1CC2CCC1N(C)C2.O=C=O.O=C=O.O=C=O.O=C=O.O=C=O.[Li+].[OH-]. The molecule has 13 fully saturated rings. The monoisotopic (exact) mass is 1010 g/mol. The van der Waals surface area contributed by atoms with Crippen LogP contribution in [0.15, 0.2) is 12.2 Å². The van der Waals surface area contributed by atoms with Crippen molar-refractivity contribution in [2.75, 3.05) is 75.1 Å². The van der Waals surface area contributed by atoms with E-state index in [0.29, 0.717) is 65.4 Å². The fraction of sp³-hybridized carbons (Fsp3) is 0.800. The number of ether oxygens (including phenoxy) is 1. The summed E-state index contributed by atoms with van der Waals surface area (Å²) in [6, 6.07) is 2.42. The number of Topliss-reactive ketones (excluding diaryl/α,β-unsaturated/α-hetero) is 3. The number of hydrogen-bond donors (Lipinski definition) is 1. The van der Waals surface area contributed by atoms with E-state index in [2.05, 4.69) is 71.9 Å². The van der Waals surface area contributed by atoms with Crippen LogP contribution in [0.4, 0.5) is 0 Å². The molecule has 10 bridgehead atoms. The van der Waals surface area contributed by atoms with Crippen LogP contribution in [0.1, 0.15) is 97.3 Å². The van der Waals surface area contributed by atoms with Gasteiger partial charge in [0.2, 0.25) is 0 Å². The smallest absolute Gasteiger partial charge is 0.870 e. The number of aliphatic hydroxyl groups is 1. The predicted molar refractivity (Wildman–Crippen MR) is 246 cm³/mol. The molecular formula is C50H78LiN5O16. The van der Waals surface area contributed by atoms with Crippen molar-refractivity contribution in [2.24, 2.45) is 41.4 Å². The number of ketones is 3. The molecule has 0 radical (unpaired) electrons. The molecule has 10 heterocycles. The van der Waals surface area contributed by atoms with Gasteiger partial charge in [-0.15, -0.1) is 0 Å². The van der Waals surface area contributed by atoms with Crippen LogP contribution in [-0.4, -0.2) is 201 Å². The van der Waals surface area contributed by atoms with E-state index in [-0.39, 0.29) is 73.2 Å². The summed E-state index contributed by atoms with van der Waals surface area (Å²) >= 11 is 0. The van der Waals surface area contributed by atoms with Gasteiger partial charge in [0.15, 0.2) is 0 Å². The molecule has 22 heteroatoms. The number of carbonyl (C=O) groups excluding carboxylic acids is 13. The van der Waals surface area contributed by atoms with Gasteiger partial charge >= 0.3 is 49.6 Å². The van der Waals surface area contributed by atoms with Crippen molar-refractivity contribution in [1.82, 2.24) is 24.5 Å². The van der Waals surface area contributed by atoms with Crippen molar-refractivity contribution >= 4 is 48.1 Å². The minimum absolute atomic E-state index is 0. The first-order valence-corrected chi connectivity index (χ1v) is 24.2. The number of nitrogens with zero attached hydrogens (tertiary/aromatic N) is 5. The zero-order chi connectivity index (χ0) is 53.1. The van der Waals surface area contributed by atoms with E-state index in [1.54, 1.807) is 13.8 Å². The predicted octanol–water partition coefficient (Wildman–Crippen LogP) is -1.46. The minimum Gasteiger partial charge on any atom is -0.870 e. The van der Waals surface area contributed by atoms with Gasteiger partial charge in [-0.2, -0.15) is 47.9 Å². The number of carbonyl (C=O) groups is 3. The number of fused-ring (bicyclic) bond motifs is 14. The molecule has 2 N–H and O–H groups in total. The zero-order valence-corrected chi connectivity index (χ0v) is 43.8. The van der Waals surface area contributed by atoms with Gasteiger partial charge in [-0.25, -0.2) is 0 Å². The van der Waals surface area contributed by atoms with Crippen molar-refractivity contribution in [2.45, 2.75) is 140 Å². The number of rotatable bonds is 3. The van der Waals surface area contributed by atoms with Gasteiger partial charge in [-0.1, -0.05) is 12.2 Å². The molecule has 5 aliphatic carbocycles. The quantitative estimate of drug-likeness (QED) is 0.250. The molecule has 10 aliphatic heterocycles. The van der Waals surface area contributed by atoms with Crippen LogP contribution in [-0.2, 0) is 67.1 Å². The average Bonchev–Trinajstić information content (AvgIpc) is 3.31. The molecule has 400 valence electrons. The molecule has 0 aromatic rings. The summed E-state index contributed by atoms with van der Waals surface area (Å²) in [5.41, 5.74) is 0. The minimum atomic E-state index is -0.0301. The Hall–Kier alpha value is -4.07. The number of methoxy groups -OCH3 is 1. The number of aliphatic hydroxyl groups excluding tert-OH is 1. The third-order valence-corrected chi connectivity index (χ3v) is 15.7. The molecule has 0 aromatic heterocycles. The Morgan fingerprint density at radius 2 is 0.944 bits per heavy atom. The first-order chi connectivity index (χ1) is 33.3. The molecule has 4 saturated carbocycles. The van der Waals surface area contributed by atoms with Crippen LogP contribution in [0.5, 0.6) is 0 Å². The molecule has 9 saturated heterocycles. The average molecular weight is 1010 g/mol. The fourth-order valence-corrected chi connectivity index (χ4v) is 12.7. The molecule has 72 heavy (non-hydrogen) atoms. The Bertz CT molecular complexity index is 1750. The third kappa shape index (κ3) is 22.6. The third-order valence-electron chi connectivity index (χ3n) is 15.7. The maximum atomic E-state index is 11.3. The summed E-state index contributed by atoms with van der Waals surface area (Å²) in [6.45, 7) is 9.47. The zero-order valence-electron chi connectivity index (χ0n) is 43.8. The molecule has 14 unspecified atom stereocenters. The molecule has 21 nitrogen and oxygen atoms in total. The van der Waals surface area contributed by atoms with Crippen molar-refractivity contribution in [1.29, 1.82) is 0 Å². The van der Waals surface area contributed by atoms with Gasteiger partial charge in [0.25, 0.3) is 0 Å². The van der Waals surface area contributed by atoms with E-state index in [0.717, 1.165) is 62.9 Å². The molecule has 0 amide bonds. The normalized spacial score (nSPS) is 33.4. The second-order valence-corrected chi connectivity index (χ2v) is 20.1. The van der Waals surface area contributed by atoms with Crippen LogP contribution >= 0.6 is 0 Å². The Labute approximate surface area is 436 Å². The van der Waals surface area contributed by atoms with E-state index in [1.807, 2.05) is 7.11 Å². The van der Waals surface area contributed by atoms with Gasteiger partial charge in [-0.05, 0) is 156 Å². The van der Waals surface area contributed by atoms with Gasteiger partial charge in [0, 0.05) is 82.3 Å². The Morgan fingerprint density at radius 3 is 1.21 bits per heavy atom. The van der Waals surface area contributed by atoms with Crippen LogP contribution < -0.4 is 18.9 Å². The first kappa shape index (κ1) is 70.0. The molecule has 0 aromatic carbocycles. The van der Waals surface area contributed by atoms with E-state index in [4.69, 9.17) is 52.7 Å². The Morgan fingerprint density at radius 1 is 0.528 bits per heavy atom. The summed E-state index contributed by atoms with van der Waals surface area (Å²) < 4.78 is 5.45. The molecule has 14 atom stereocenters. The van der Waals surface area contributed by atoms with Gasteiger partial charge in [0.05, 0.1) is 18.2 Å². The van der Waals surface area contributed by atoms with Crippen molar-refractivity contribution in [3.63, 3.8) is 0 Å². The van der Waals surface area contributed by atoms with Crippen molar-refractivity contribution in [3.05, 3.63) is 12.2 Å². The van der Waals surface area contributed by atoms with Gasteiger partial charge in [-0.3, -0.25) is 24.2 Å². The van der Waals surface area contributed by atoms with Crippen molar-refractivity contribution < 1.29 is 96.5 Å². The van der Waals surface area contributed by atoms with Gasteiger partial charge in [0.1, 0.15) is 17.3 Å². The maximum absolute atomic E-state index is 11.3. The Balaban J connectivity index is 0. The topological polar surface area (TPSA) is 298 Å². The summed E-state index contributed by atoms with van der Waals surface area (Å²) in [6.07, 6.45) is 21.9. The molecule has 0 spiro atoms. The first-order valence-electron chi connectivity index (χ1n) is 24.2. The summed E-state index contributed by atoms with van der Waals surface area (Å²) in [5.74, 6) is 5.63. The second-order valence-electron chi connectivity index (χ2n) is 20.1. The Kier molecular flexibility index (Phi) is 36.6. The summed E-state index contributed by atoms with van der Waals surface area (Å²) in [4.78, 5) is 127. The summed E-state index contributed by atoms with van der Waals surface area (Å²) in [5, 5.41) is 9.53. The van der Waals surface area contributed by atoms with E-state index < -0.39 is 0 Å².